The van der Waals surface area contributed by atoms with E-state index in [0.717, 1.165) is 38.2 Å². The summed E-state index contributed by atoms with van der Waals surface area (Å²) in [4.78, 5) is 2.46. The highest BCUT2D eigenvalue weighted by atomic mass is 16.5. The molecule has 0 saturated carbocycles. The predicted octanol–water partition coefficient (Wildman–Crippen LogP) is 2.68. The summed E-state index contributed by atoms with van der Waals surface area (Å²) in [5, 5.41) is 9.15. The van der Waals surface area contributed by atoms with E-state index >= 15 is 0 Å². The second-order valence-corrected chi connectivity index (χ2v) is 5.72. The average Bonchev–Trinajstić information content (AvgIpc) is 2.39. The van der Waals surface area contributed by atoms with Gasteiger partial charge < -0.3 is 9.84 Å². The van der Waals surface area contributed by atoms with E-state index in [2.05, 4.69) is 23.1 Å². The minimum absolute atomic E-state index is 0.218. The lowest BCUT2D eigenvalue weighted by molar-refractivity contribution is 0.127. The molecule has 1 aliphatic rings. The Bertz CT molecular complexity index is 384. The van der Waals surface area contributed by atoms with E-state index in [4.69, 9.17) is 9.84 Å². The second-order valence-electron chi connectivity index (χ2n) is 5.72. The lowest BCUT2D eigenvalue weighted by Gasteiger charge is -2.31. The molecule has 0 spiro atoms. The Morgan fingerprint density at radius 1 is 1.32 bits per heavy atom. The van der Waals surface area contributed by atoms with Crippen molar-refractivity contribution in [3.8, 4) is 5.75 Å². The Morgan fingerprint density at radius 3 is 2.68 bits per heavy atom. The van der Waals surface area contributed by atoms with E-state index in [0.29, 0.717) is 12.5 Å². The highest BCUT2D eigenvalue weighted by Gasteiger charge is 2.18. The summed E-state index contributed by atoms with van der Waals surface area (Å²) in [7, 11) is 0. The molecule has 0 atom stereocenters. The third-order valence-electron chi connectivity index (χ3n) is 3.64. The number of ether oxygens (including phenoxy) is 1. The highest BCUT2D eigenvalue weighted by Crippen LogP contribution is 2.20. The van der Waals surface area contributed by atoms with E-state index in [1.165, 1.54) is 5.56 Å². The van der Waals surface area contributed by atoms with Gasteiger partial charge in [0.15, 0.2) is 0 Å². The number of piperidine rings is 1. The third kappa shape index (κ3) is 4.51. The van der Waals surface area contributed by atoms with Crippen molar-refractivity contribution >= 4 is 0 Å². The van der Waals surface area contributed by atoms with Crippen molar-refractivity contribution in [2.24, 2.45) is 5.92 Å². The molecule has 1 N–H and O–H groups in total. The predicted molar refractivity (Wildman–Crippen MR) is 77.3 cm³/mol. The van der Waals surface area contributed by atoms with Crippen LogP contribution in [0.5, 0.6) is 5.75 Å². The summed E-state index contributed by atoms with van der Waals surface area (Å²) >= 11 is 0. The molecule has 19 heavy (non-hydrogen) atoms. The summed E-state index contributed by atoms with van der Waals surface area (Å²) in [6.45, 7) is 7.58. The van der Waals surface area contributed by atoms with Crippen LogP contribution in [0.4, 0.5) is 0 Å². The highest BCUT2D eigenvalue weighted by molar-refractivity contribution is 5.28. The zero-order chi connectivity index (χ0) is 13.7. The van der Waals surface area contributed by atoms with Crippen LogP contribution in [0.15, 0.2) is 24.3 Å². The molecule has 0 bridgehead atoms. The Balaban J connectivity index is 1.89. The van der Waals surface area contributed by atoms with E-state index in [-0.39, 0.29) is 6.10 Å². The molecule has 3 heteroatoms. The molecule has 1 aromatic rings. The molecule has 0 radical (unpaired) electrons. The van der Waals surface area contributed by atoms with Crippen LogP contribution in [0.3, 0.4) is 0 Å². The van der Waals surface area contributed by atoms with Gasteiger partial charge in [-0.15, -0.1) is 0 Å². The summed E-state index contributed by atoms with van der Waals surface area (Å²) in [6.07, 6.45) is 2.44. The van der Waals surface area contributed by atoms with Crippen molar-refractivity contribution in [2.45, 2.75) is 39.3 Å². The summed E-state index contributed by atoms with van der Waals surface area (Å²) in [5.41, 5.74) is 1.31. The van der Waals surface area contributed by atoms with Gasteiger partial charge >= 0.3 is 0 Å². The van der Waals surface area contributed by atoms with Crippen molar-refractivity contribution in [2.75, 3.05) is 19.7 Å². The van der Waals surface area contributed by atoms with Gasteiger partial charge in [-0.25, -0.2) is 0 Å². The van der Waals surface area contributed by atoms with Gasteiger partial charge in [0, 0.05) is 13.2 Å². The number of likely N-dealkylation sites (tertiary alicyclic amines) is 1. The van der Waals surface area contributed by atoms with Gasteiger partial charge in [0.1, 0.15) is 5.75 Å². The number of rotatable bonds is 5. The minimum Gasteiger partial charge on any atom is -0.491 e. The Hall–Kier alpha value is -1.06. The van der Waals surface area contributed by atoms with Gasteiger partial charge in [0.2, 0.25) is 0 Å². The normalized spacial score (nSPS) is 17.9. The number of aliphatic hydroxyl groups excluding tert-OH is 1. The summed E-state index contributed by atoms with van der Waals surface area (Å²) in [5.74, 6) is 1.46. The zero-order valence-electron chi connectivity index (χ0n) is 12.0. The van der Waals surface area contributed by atoms with Crippen LogP contribution >= 0.6 is 0 Å². The van der Waals surface area contributed by atoms with Gasteiger partial charge in [-0.2, -0.15) is 0 Å². The monoisotopic (exact) mass is 263 g/mol. The third-order valence-corrected chi connectivity index (χ3v) is 3.64. The molecule has 1 aliphatic heterocycles. The van der Waals surface area contributed by atoms with Crippen molar-refractivity contribution in [3.63, 3.8) is 0 Å². The number of aliphatic hydroxyl groups is 1. The smallest absolute Gasteiger partial charge is 0.120 e. The first-order valence-corrected chi connectivity index (χ1v) is 7.26. The van der Waals surface area contributed by atoms with E-state index in [1.54, 1.807) is 0 Å². The van der Waals surface area contributed by atoms with Crippen molar-refractivity contribution < 1.29 is 9.84 Å². The summed E-state index contributed by atoms with van der Waals surface area (Å²) in [6, 6.07) is 8.37. The molecule has 1 saturated heterocycles. The molecule has 1 fully saturated rings. The van der Waals surface area contributed by atoms with E-state index < -0.39 is 0 Å². The minimum atomic E-state index is 0.218. The fourth-order valence-electron chi connectivity index (χ4n) is 2.57. The number of hydrogen-bond acceptors (Lipinski definition) is 3. The first-order valence-electron chi connectivity index (χ1n) is 7.26. The van der Waals surface area contributed by atoms with Gasteiger partial charge in [0.05, 0.1) is 6.10 Å². The number of hydrogen-bond donors (Lipinski definition) is 1. The lowest BCUT2D eigenvalue weighted by atomic mass is 9.97. The summed E-state index contributed by atoms with van der Waals surface area (Å²) < 4.78 is 5.73. The van der Waals surface area contributed by atoms with Crippen molar-refractivity contribution in [1.29, 1.82) is 0 Å². The Morgan fingerprint density at radius 2 is 2.05 bits per heavy atom. The first kappa shape index (κ1) is 14.4. The number of benzene rings is 1. The van der Waals surface area contributed by atoms with Crippen LogP contribution in [0, 0.1) is 5.92 Å². The molecule has 0 aromatic heterocycles. The molecule has 0 amide bonds. The molecule has 0 unspecified atom stereocenters. The molecule has 0 aliphatic carbocycles. The molecular weight excluding hydrogens is 238 g/mol. The topological polar surface area (TPSA) is 32.7 Å². The molecule has 106 valence electrons. The van der Waals surface area contributed by atoms with Gasteiger partial charge in [-0.3, -0.25) is 4.90 Å². The maximum atomic E-state index is 9.15. The number of nitrogens with zero attached hydrogens (tertiary/aromatic N) is 1. The van der Waals surface area contributed by atoms with Gasteiger partial charge in [0.25, 0.3) is 0 Å². The Kier molecular flexibility index (Phi) is 5.23. The Labute approximate surface area is 116 Å². The SMILES string of the molecule is CC(C)Oc1cccc(CN2CCC(CO)CC2)c1. The van der Waals surface area contributed by atoms with Crippen molar-refractivity contribution in [1.82, 2.24) is 4.90 Å². The molecule has 3 nitrogen and oxygen atoms in total. The van der Waals surface area contributed by atoms with Crippen LogP contribution in [0.2, 0.25) is 0 Å². The standard InChI is InChI=1S/C16H25NO2/c1-13(2)19-16-5-3-4-15(10-16)11-17-8-6-14(12-18)7-9-17/h3-5,10,13-14,18H,6-9,11-12H2,1-2H3. The van der Waals surface area contributed by atoms with Crippen molar-refractivity contribution in [3.05, 3.63) is 29.8 Å². The van der Waals surface area contributed by atoms with Gasteiger partial charge in [-0.05, 0) is 63.4 Å². The van der Waals surface area contributed by atoms with Gasteiger partial charge in [-0.1, -0.05) is 12.1 Å². The maximum absolute atomic E-state index is 9.15. The van der Waals surface area contributed by atoms with Crippen LogP contribution in [0.25, 0.3) is 0 Å². The average molecular weight is 263 g/mol. The molecular formula is C16H25NO2. The fourth-order valence-corrected chi connectivity index (χ4v) is 2.57. The largest absolute Gasteiger partial charge is 0.491 e. The van der Waals surface area contributed by atoms with E-state index in [1.807, 2.05) is 19.9 Å². The molecule has 1 aromatic carbocycles. The molecule has 2 rings (SSSR count). The van der Waals surface area contributed by atoms with Crippen LogP contribution in [-0.2, 0) is 6.54 Å². The first-order chi connectivity index (χ1) is 9.17. The zero-order valence-corrected chi connectivity index (χ0v) is 12.0. The molecule has 1 heterocycles. The lowest BCUT2D eigenvalue weighted by Crippen LogP contribution is -2.34. The maximum Gasteiger partial charge on any atom is 0.120 e. The van der Waals surface area contributed by atoms with E-state index in [9.17, 15) is 0 Å². The van der Waals surface area contributed by atoms with Crippen LogP contribution in [-0.4, -0.2) is 35.8 Å². The quantitative estimate of drug-likeness (QED) is 0.886. The van der Waals surface area contributed by atoms with Crippen LogP contribution < -0.4 is 4.74 Å². The van der Waals surface area contributed by atoms with Crippen LogP contribution in [0.1, 0.15) is 32.3 Å². The second kappa shape index (κ2) is 6.92. The fraction of sp³-hybridized carbons (Fsp3) is 0.625.